The summed E-state index contributed by atoms with van der Waals surface area (Å²) in [7, 11) is 0. The lowest BCUT2D eigenvalue weighted by atomic mass is 9.77. The van der Waals surface area contributed by atoms with Gasteiger partial charge in [0.25, 0.3) is 0 Å². The number of hydrogen-bond donors (Lipinski definition) is 1. The van der Waals surface area contributed by atoms with Crippen molar-refractivity contribution in [2.24, 2.45) is 11.3 Å². The Morgan fingerprint density at radius 1 is 1.29 bits per heavy atom. The van der Waals surface area contributed by atoms with Gasteiger partial charge in [-0.2, -0.15) is 0 Å². The van der Waals surface area contributed by atoms with Crippen molar-refractivity contribution in [1.29, 1.82) is 0 Å². The molecule has 0 aliphatic rings. The van der Waals surface area contributed by atoms with Gasteiger partial charge in [0.15, 0.2) is 0 Å². The van der Waals surface area contributed by atoms with Gasteiger partial charge in [0.2, 0.25) is 5.91 Å². The van der Waals surface area contributed by atoms with Crippen LogP contribution in [0.25, 0.3) is 0 Å². The Morgan fingerprint density at radius 2 is 1.82 bits per heavy atom. The molecule has 0 aromatic heterocycles. The predicted molar refractivity (Wildman–Crippen MR) is 73.0 cm³/mol. The van der Waals surface area contributed by atoms with Gasteiger partial charge in [-0.3, -0.25) is 4.79 Å². The standard InChI is InChI=1S/C15H23NO/c1-6-12(3)15(4,5)14(17)16-13-9-7-11(2)8-10-13/h7-10,12H,6H2,1-5H3,(H,16,17). The quantitative estimate of drug-likeness (QED) is 0.836. The smallest absolute Gasteiger partial charge is 0.230 e. The van der Waals surface area contributed by atoms with Gasteiger partial charge in [0.1, 0.15) is 0 Å². The van der Waals surface area contributed by atoms with Crippen LogP contribution < -0.4 is 5.32 Å². The Labute approximate surface area is 104 Å². The summed E-state index contributed by atoms with van der Waals surface area (Å²) < 4.78 is 0. The van der Waals surface area contributed by atoms with E-state index >= 15 is 0 Å². The predicted octanol–water partition coefficient (Wildman–Crippen LogP) is 4.01. The maximum atomic E-state index is 12.2. The molecule has 0 aliphatic carbocycles. The molecule has 0 saturated carbocycles. The van der Waals surface area contributed by atoms with Crippen LogP contribution in [-0.2, 0) is 4.79 Å². The molecule has 17 heavy (non-hydrogen) atoms. The van der Waals surface area contributed by atoms with Gasteiger partial charge >= 0.3 is 0 Å². The number of aryl methyl sites for hydroxylation is 1. The summed E-state index contributed by atoms with van der Waals surface area (Å²) >= 11 is 0. The van der Waals surface area contributed by atoms with Crippen LogP contribution in [0.1, 0.15) is 39.7 Å². The lowest BCUT2D eigenvalue weighted by Crippen LogP contribution is -2.36. The summed E-state index contributed by atoms with van der Waals surface area (Å²) in [6.45, 7) is 10.3. The van der Waals surface area contributed by atoms with E-state index in [0.717, 1.165) is 12.1 Å². The summed E-state index contributed by atoms with van der Waals surface area (Å²) in [6, 6.07) is 7.90. The van der Waals surface area contributed by atoms with Gasteiger partial charge in [-0.25, -0.2) is 0 Å². The molecule has 0 bridgehead atoms. The highest BCUT2D eigenvalue weighted by Gasteiger charge is 2.32. The summed E-state index contributed by atoms with van der Waals surface area (Å²) in [4.78, 5) is 12.2. The van der Waals surface area contributed by atoms with Crippen molar-refractivity contribution in [2.75, 3.05) is 5.32 Å². The van der Waals surface area contributed by atoms with Crippen molar-refractivity contribution in [3.8, 4) is 0 Å². The zero-order chi connectivity index (χ0) is 13.1. The first kappa shape index (κ1) is 13.8. The van der Waals surface area contributed by atoms with Crippen molar-refractivity contribution < 1.29 is 4.79 Å². The number of benzene rings is 1. The number of nitrogens with one attached hydrogen (secondary N) is 1. The van der Waals surface area contributed by atoms with Crippen molar-refractivity contribution >= 4 is 11.6 Å². The first-order chi connectivity index (χ1) is 7.87. The van der Waals surface area contributed by atoms with Crippen molar-refractivity contribution in [3.63, 3.8) is 0 Å². The Balaban J connectivity index is 2.75. The number of hydrogen-bond acceptors (Lipinski definition) is 1. The molecule has 1 amide bonds. The monoisotopic (exact) mass is 233 g/mol. The second kappa shape index (κ2) is 5.35. The van der Waals surface area contributed by atoms with E-state index in [1.807, 2.05) is 45.0 Å². The zero-order valence-electron chi connectivity index (χ0n) is 11.5. The minimum absolute atomic E-state index is 0.0932. The summed E-state index contributed by atoms with van der Waals surface area (Å²) in [6.07, 6.45) is 1.01. The molecule has 94 valence electrons. The maximum absolute atomic E-state index is 12.2. The minimum atomic E-state index is -0.334. The van der Waals surface area contributed by atoms with Crippen molar-refractivity contribution in [1.82, 2.24) is 0 Å². The second-order valence-corrected chi connectivity index (χ2v) is 5.35. The molecular formula is C15H23NO. The van der Waals surface area contributed by atoms with Crippen molar-refractivity contribution in [2.45, 2.75) is 41.0 Å². The van der Waals surface area contributed by atoms with Crippen LogP contribution in [0, 0.1) is 18.3 Å². The molecule has 0 fully saturated rings. The third kappa shape index (κ3) is 3.32. The fraction of sp³-hybridized carbons (Fsp3) is 0.533. The van der Waals surface area contributed by atoms with Gasteiger partial charge in [-0.05, 0) is 25.0 Å². The number of carbonyl (C=O) groups is 1. The van der Waals surface area contributed by atoms with E-state index in [9.17, 15) is 4.79 Å². The van der Waals surface area contributed by atoms with Gasteiger partial charge in [0.05, 0.1) is 0 Å². The first-order valence-electron chi connectivity index (χ1n) is 6.26. The van der Waals surface area contributed by atoms with Crippen LogP contribution in [0.3, 0.4) is 0 Å². The number of anilines is 1. The molecule has 1 N–H and O–H groups in total. The molecule has 0 heterocycles. The number of amides is 1. The Morgan fingerprint density at radius 3 is 2.29 bits per heavy atom. The molecule has 0 spiro atoms. The van der Waals surface area contributed by atoms with E-state index in [4.69, 9.17) is 0 Å². The second-order valence-electron chi connectivity index (χ2n) is 5.35. The van der Waals surface area contributed by atoms with Crippen LogP contribution >= 0.6 is 0 Å². The Hall–Kier alpha value is -1.31. The van der Waals surface area contributed by atoms with E-state index in [-0.39, 0.29) is 11.3 Å². The molecular weight excluding hydrogens is 210 g/mol. The molecule has 2 heteroatoms. The fourth-order valence-corrected chi connectivity index (χ4v) is 1.66. The van der Waals surface area contributed by atoms with Crippen molar-refractivity contribution in [3.05, 3.63) is 29.8 Å². The van der Waals surface area contributed by atoms with E-state index in [1.165, 1.54) is 5.56 Å². The van der Waals surface area contributed by atoms with Crippen LogP contribution in [0.5, 0.6) is 0 Å². The minimum Gasteiger partial charge on any atom is -0.326 e. The molecule has 1 aromatic rings. The molecule has 0 saturated heterocycles. The van der Waals surface area contributed by atoms with Gasteiger partial charge in [0, 0.05) is 11.1 Å². The van der Waals surface area contributed by atoms with E-state index in [1.54, 1.807) is 0 Å². The maximum Gasteiger partial charge on any atom is 0.230 e. The molecule has 1 rings (SSSR count). The lowest BCUT2D eigenvalue weighted by molar-refractivity contribution is -0.126. The lowest BCUT2D eigenvalue weighted by Gasteiger charge is -2.29. The van der Waals surface area contributed by atoms with Gasteiger partial charge in [-0.1, -0.05) is 51.8 Å². The molecule has 1 unspecified atom stereocenters. The molecule has 1 atom stereocenters. The zero-order valence-corrected chi connectivity index (χ0v) is 11.5. The summed E-state index contributed by atoms with van der Waals surface area (Å²) in [5, 5.41) is 2.99. The third-order valence-electron chi connectivity index (χ3n) is 3.74. The first-order valence-corrected chi connectivity index (χ1v) is 6.26. The highest BCUT2D eigenvalue weighted by Crippen LogP contribution is 2.30. The average molecular weight is 233 g/mol. The molecule has 1 aromatic carbocycles. The Bertz CT molecular complexity index is 378. The van der Waals surface area contributed by atoms with Crippen LogP contribution in [0.15, 0.2) is 24.3 Å². The van der Waals surface area contributed by atoms with Crippen LogP contribution in [0.2, 0.25) is 0 Å². The molecule has 0 radical (unpaired) electrons. The molecule has 2 nitrogen and oxygen atoms in total. The normalized spacial score (nSPS) is 13.2. The van der Waals surface area contributed by atoms with Gasteiger partial charge < -0.3 is 5.32 Å². The van der Waals surface area contributed by atoms with Crippen LogP contribution in [-0.4, -0.2) is 5.91 Å². The molecule has 0 aliphatic heterocycles. The number of carbonyl (C=O) groups excluding carboxylic acids is 1. The third-order valence-corrected chi connectivity index (χ3v) is 3.74. The van der Waals surface area contributed by atoms with E-state index in [0.29, 0.717) is 5.92 Å². The summed E-state index contributed by atoms with van der Waals surface area (Å²) in [5.74, 6) is 0.462. The highest BCUT2D eigenvalue weighted by molar-refractivity contribution is 5.94. The topological polar surface area (TPSA) is 29.1 Å². The van der Waals surface area contributed by atoms with Crippen LogP contribution in [0.4, 0.5) is 5.69 Å². The number of rotatable bonds is 4. The summed E-state index contributed by atoms with van der Waals surface area (Å²) in [5.41, 5.74) is 1.74. The van der Waals surface area contributed by atoms with Gasteiger partial charge in [-0.15, -0.1) is 0 Å². The average Bonchev–Trinajstić information content (AvgIpc) is 2.30. The SMILES string of the molecule is CCC(C)C(C)(C)C(=O)Nc1ccc(C)cc1. The van der Waals surface area contributed by atoms with E-state index in [2.05, 4.69) is 19.2 Å². The largest absolute Gasteiger partial charge is 0.326 e. The van der Waals surface area contributed by atoms with E-state index < -0.39 is 0 Å². The highest BCUT2D eigenvalue weighted by atomic mass is 16.2. The fourth-order valence-electron chi connectivity index (χ4n) is 1.66. The Kier molecular flexibility index (Phi) is 4.33.